The quantitative estimate of drug-likeness (QED) is 0.280. The fraction of sp³-hybridized carbons (Fsp3) is 0.481. The van der Waals surface area contributed by atoms with Crippen LogP contribution in [0.4, 0.5) is 4.39 Å². The molecule has 0 amide bonds. The summed E-state index contributed by atoms with van der Waals surface area (Å²) in [7, 11) is 1.56. The minimum Gasteiger partial charge on any atom is -0.497 e. The van der Waals surface area contributed by atoms with Crippen molar-refractivity contribution < 1.29 is 24.1 Å². The van der Waals surface area contributed by atoms with E-state index in [0.717, 1.165) is 38.2 Å². The number of nitrogens with zero attached hydrogens (tertiary/aromatic N) is 2. The minimum absolute atomic E-state index is 0.0817. The van der Waals surface area contributed by atoms with E-state index < -0.39 is 18.7 Å². The number of carboxylic acid groups (broad SMARTS) is 1. The Kier molecular flexibility index (Phi) is 9.22. The molecule has 0 saturated carbocycles. The molecule has 0 radical (unpaired) electrons. The summed E-state index contributed by atoms with van der Waals surface area (Å²) < 4.78 is 20.5. The number of hydrogen-bond donors (Lipinski definition) is 2. The van der Waals surface area contributed by atoms with Gasteiger partial charge in [-0.05, 0) is 79.4 Å². The molecule has 3 aromatic rings. The van der Waals surface area contributed by atoms with Gasteiger partial charge in [-0.1, -0.05) is 6.07 Å². The summed E-state index contributed by atoms with van der Waals surface area (Å²) in [4.78, 5) is 18.5. The third-order valence-electron chi connectivity index (χ3n) is 7.21. The zero-order valence-electron chi connectivity index (χ0n) is 20.5. The molecule has 2 aromatic heterocycles. The summed E-state index contributed by atoms with van der Waals surface area (Å²) in [6, 6.07) is 9.55. The Balaban J connectivity index is 1.43. The molecular weight excluding hydrogens is 499 g/mol. The Hall–Kier alpha value is -2.20. The van der Waals surface area contributed by atoms with Gasteiger partial charge in [0.05, 0.1) is 29.4 Å². The van der Waals surface area contributed by atoms with Crippen LogP contribution in [0.2, 0.25) is 0 Å². The number of halogens is 1. The van der Waals surface area contributed by atoms with Gasteiger partial charge in [0.15, 0.2) is 0 Å². The predicted octanol–water partition coefficient (Wildman–Crippen LogP) is 5.94. The summed E-state index contributed by atoms with van der Waals surface area (Å²) in [6.07, 6.45) is 3.13. The molecule has 0 bridgehead atoms. The number of benzene rings is 1. The molecule has 9 heteroatoms. The molecule has 0 unspecified atom stereocenters. The van der Waals surface area contributed by atoms with Gasteiger partial charge in [-0.2, -0.15) is 0 Å². The lowest BCUT2D eigenvalue weighted by Gasteiger charge is -2.41. The minimum atomic E-state index is -0.917. The van der Waals surface area contributed by atoms with Crippen LogP contribution in [0.5, 0.6) is 5.75 Å². The number of aliphatic carboxylic acids is 1. The number of aromatic nitrogens is 1. The number of ether oxygens (including phenoxy) is 1. The molecule has 194 valence electrons. The van der Waals surface area contributed by atoms with Gasteiger partial charge < -0.3 is 19.8 Å². The van der Waals surface area contributed by atoms with Gasteiger partial charge in [0.25, 0.3) is 0 Å². The van der Waals surface area contributed by atoms with E-state index >= 15 is 0 Å². The van der Waals surface area contributed by atoms with Gasteiger partial charge in [0, 0.05) is 29.4 Å². The standard InChI is InChI=1S/C27H33FN2O4S2/c1-34-20-4-5-22-21(15-20)26(19(17-28)18-29-22)23(31)6-7-27(16-24(32)33)8-10-30(11-9-27)12-14-36-25-3-2-13-35-25/h2-5,13,15,18,23,31H,6-12,14,16-17H2,1H3,(H,32,33)/t23-/m1/s1. The van der Waals surface area contributed by atoms with E-state index in [-0.39, 0.29) is 11.8 Å². The summed E-state index contributed by atoms with van der Waals surface area (Å²) in [5.74, 6) is 0.811. The van der Waals surface area contributed by atoms with E-state index in [1.54, 1.807) is 36.6 Å². The van der Waals surface area contributed by atoms with E-state index in [0.29, 0.717) is 40.6 Å². The lowest BCUT2D eigenvalue weighted by atomic mass is 9.71. The maximum Gasteiger partial charge on any atom is 0.303 e. The molecule has 1 aliphatic rings. The number of fused-ring (bicyclic) bond motifs is 1. The molecule has 1 aliphatic heterocycles. The molecule has 0 aliphatic carbocycles. The number of thioether (sulfide) groups is 1. The molecule has 3 heterocycles. The number of piperidine rings is 1. The molecule has 2 N–H and O–H groups in total. The maximum atomic E-state index is 13.9. The summed E-state index contributed by atoms with van der Waals surface area (Å²) in [5.41, 5.74) is 1.17. The van der Waals surface area contributed by atoms with E-state index in [4.69, 9.17) is 4.74 Å². The third kappa shape index (κ3) is 6.56. The highest BCUT2D eigenvalue weighted by molar-refractivity contribution is 8.01. The van der Waals surface area contributed by atoms with Crippen molar-refractivity contribution in [1.82, 2.24) is 9.88 Å². The smallest absolute Gasteiger partial charge is 0.303 e. The van der Waals surface area contributed by atoms with Gasteiger partial charge in [0.2, 0.25) is 0 Å². The number of likely N-dealkylation sites (tertiary alicyclic amines) is 1. The summed E-state index contributed by atoms with van der Waals surface area (Å²) >= 11 is 3.60. The molecule has 1 fully saturated rings. The van der Waals surface area contributed by atoms with Crippen LogP contribution in [0.3, 0.4) is 0 Å². The van der Waals surface area contributed by atoms with Crippen molar-refractivity contribution in [2.75, 3.05) is 32.5 Å². The Labute approximate surface area is 219 Å². The summed E-state index contributed by atoms with van der Waals surface area (Å²) in [6.45, 7) is 1.93. The molecule has 1 saturated heterocycles. The van der Waals surface area contributed by atoms with Crippen LogP contribution in [0.15, 0.2) is 46.1 Å². The van der Waals surface area contributed by atoms with Crippen molar-refractivity contribution in [2.45, 2.75) is 49.1 Å². The Morgan fingerprint density at radius 1 is 1.33 bits per heavy atom. The number of thiophene rings is 1. The van der Waals surface area contributed by atoms with E-state index in [2.05, 4.69) is 27.4 Å². The van der Waals surface area contributed by atoms with Crippen LogP contribution in [0, 0.1) is 5.41 Å². The molecule has 0 spiro atoms. The second kappa shape index (κ2) is 12.4. The van der Waals surface area contributed by atoms with Crippen LogP contribution in [0.25, 0.3) is 10.9 Å². The Morgan fingerprint density at radius 2 is 2.14 bits per heavy atom. The van der Waals surface area contributed by atoms with Crippen molar-refractivity contribution in [3.05, 3.63) is 53.0 Å². The second-order valence-corrected chi connectivity index (χ2v) is 11.8. The first-order chi connectivity index (χ1) is 17.4. The topological polar surface area (TPSA) is 82.9 Å². The largest absolute Gasteiger partial charge is 0.497 e. The average Bonchev–Trinajstić information content (AvgIpc) is 3.40. The van der Waals surface area contributed by atoms with Crippen molar-refractivity contribution >= 4 is 40.0 Å². The second-order valence-electron chi connectivity index (χ2n) is 9.46. The Bertz CT molecular complexity index is 1140. The van der Waals surface area contributed by atoms with Gasteiger partial charge in [-0.3, -0.25) is 9.78 Å². The first-order valence-electron chi connectivity index (χ1n) is 12.2. The van der Waals surface area contributed by atoms with Crippen molar-refractivity contribution in [1.29, 1.82) is 0 Å². The molecule has 6 nitrogen and oxygen atoms in total. The highest BCUT2D eigenvalue weighted by atomic mass is 32.2. The van der Waals surface area contributed by atoms with E-state index in [9.17, 15) is 19.4 Å². The number of carbonyl (C=O) groups is 1. The monoisotopic (exact) mass is 532 g/mol. The SMILES string of the molecule is COc1ccc2ncc(CF)c([C@H](O)CCC3(CC(=O)O)CCN(CCSc4cccs4)CC3)c2c1. The van der Waals surface area contributed by atoms with Crippen molar-refractivity contribution in [3.8, 4) is 5.75 Å². The fourth-order valence-corrected chi connectivity index (χ4v) is 7.02. The molecular formula is C27H33FN2O4S2. The van der Waals surface area contributed by atoms with Crippen LogP contribution in [-0.4, -0.2) is 58.6 Å². The molecule has 1 atom stereocenters. The zero-order valence-corrected chi connectivity index (χ0v) is 22.1. The number of aliphatic hydroxyl groups is 1. The zero-order chi connectivity index (χ0) is 25.5. The first-order valence-corrected chi connectivity index (χ1v) is 14.1. The normalized spacial score (nSPS) is 16.8. The van der Waals surface area contributed by atoms with Gasteiger partial charge in [-0.25, -0.2) is 4.39 Å². The number of alkyl halides is 1. The summed E-state index contributed by atoms with van der Waals surface area (Å²) in [5, 5.41) is 23.6. The third-order valence-corrected chi connectivity index (χ3v) is 9.33. The van der Waals surface area contributed by atoms with Crippen LogP contribution >= 0.6 is 23.1 Å². The number of methoxy groups -OCH3 is 1. The molecule has 1 aromatic carbocycles. The number of pyridine rings is 1. The lowest BCUT2D eigenvalue weighted by molar-refractivity contribution is -0.141. The van der Waals surface area contributed by atoms with Crippen molar-refractivity contribution in [3.63, 3.8) is 0 Å². The predicted molar refractivity (Wildman–Crippen MR) is 143 cm³/mol. The van der Waals surface area contributed by atoms with Gasteiger partial charge in [0.1, 0.15) is 12.4 Å². The van der Waals surface area contributed by atoms with Gasteiger partial charge in [-0.15, -0.1) is 23.1 Å². The van der Waals surface area contributed by atoms with Crippen LogP contribution < -0.4 is 4.74 Å². The fourth-order valence-electron chi connectivity index (χ4n) is 5.16. The average molecular weight is 533 g/mol. The maximum absolute atomic E-state index is 13.9. The number of aliphatic hydroxyl groups excluding tert-OH is 1. The molecule has 4 rings (SSSR count). The first kappa shape index (κ1) is 26.9. The lowest BCUT2D eigenvalue weighted by Crippen LogP contribution is -2.42. The molecule has 36 heavy (non-hydrogen) atoms. The van der Waals surface area contributed by atoms with Crippen LogP contribution in [-0.2, 0) is 11.5 Å². The highest BCUT2D eigenvalue weighted by Crippen LogP contribution is 2.42. The van der Waals surface area contributed by atoms with Gasteiger partial charge >= 0.3 is 5.97 Å². The highest BCUT2D eigenvalue weighted by Gasteiger charge is 2.37. The number of hydrogen-bond acceptors (Lipinski definition) is 7. The Morgan fingerprint density at radius 3 is 2.81 bits per heavy atom. The van der Waals surface area contributed by atoms with Crippen molar-refractivity contribution in [2.24, 2.45) is 5.41 Å². The van der Waals surface area contributed by atoms with Crippen LogP contribution in [0.1, 0.15) is 49.3 Å². The number of rotatable bonds is 12. The number of carboxylic acids is 1. The van der Waals surface area contributed by atoms with E-state index in [1.807, 2.05) is 11.8 Å². The van der Waals surface area contributed by atoms with E-state index in [1.165, 1.54) is 10.4 Å².